The SMILES string of the molecule is O=[N+]([O-])c1nn(Cc2cnn(-c3ccccc3)c2)cc1Br. The van der Waals surface area contributed by atoms with Crippen molar-refractivity contribution in [1.82, 2.24) is 19.6 Å². The van der Waals surface area contributed by atoms with Gasteiger partial charge in [-0.15, -0.1) is 0 Å². The molecule has 0 aliphatic heterocycles. The van der Waals surface area contributed by atoms with Crippen LogP contribution in [-0.2, 0) is 6.54 Å². The van der Waals surface area contributed by atoms with Crippen LogP contribution in [0.5, 0.6) is 0 Å². The minimum absolute atomic E-state index is 0.189. The van der Waals surface area contributed by atoms with Crippen LogP contribution in [0.4, 0.5) is 5.82 Å². The molecule has 0 spiro atoms. The Kier molecular flexibility index (Phi) is 3.53. The zero-order chi connectivity index (χ0) is 14.8. The van der Waals surface area contributed by atoms with Crippen LogP contribution >= 0.6 is 15.9 Å². The van der Waals surface area contributed by atoms with E-state index in [4.69, 9.17) is 0 Å². The molecular formula is C13H10BrN5O2. The standard InChI is InChI=1S/C13H10BrN5O2/c14-12-9-17(16-13(12)19(20)21)7-10-6-15-18(8-10)11-4-2-1-3-5-11/h1-6,8-9H,7H2. The van der Waals surface area contributed by atoms with Crippen LogP contribution < -0.4 is 0 Å². The largest absolute Gasteiger partial charge is 0.404 e. The smallest absolute Gasteiger partial charge is 0.358 e. The molecule has 2 heterocycles. The maximum Gasteiger partial charge on any atom is 0.404 e. The highest BCUT2D eigenvalue weighted by molar-refractivity contribution is 9.10. The van der Waals surface area contributed by atoms with Crippen LogP contribution in [0.15, 0.2) is 53.4 Å². The van der Waals surface area contributed by atoms with Crippen molar-refractivity contribution < 1.29 is 4.92 Å². The predicted molar refractivity (Wildman–Crippen MR) is 79.2 cm³/mol. The van der Waals surface area contributed by atoms with E-state index in [2.05, 4.69) is 26.1 Å². The highest BCUT2D eigenvalue weighted by atomic mass is 79.9. The Balaban J connectivity index is 1.82. The molecule has 0 saturated heterocycles. The van der Waals surface area contributed by atoms with Gasteiger partial charge in [-0.2, -0.15) is 9.78 Å². The van der Waals surface area contributed by atoms with Crippen molar-refractivity contribution in [3.63, 3.8) is 0 Å². The molecule has 0 aliphatic carbocycles. The van der Waals surface area contributed by atoms with E-state index in [1.807, 2.05) is 36.5 Å². The van der Waals surface area contributed by atoms with E-state index in [1.165, 1.54) is 4.68 Å². The quantitative estimate of drug-likeness (QED) is 0.536. The molecule has 0 fully saturated rings. The number of hydrogen-bond donors (Lipinski definition) is 0. The molecule has 1 aromatic carbocycles. The Bertz CT molecular complexity index is 781. The third-order valence-corrected chi connectivity index (χ3v) is 3.43. The molecule has 7 nitrogen and oxygen atoms in total. The number of para-hydroxylation sites is 1. The maximum atomic E-state index is 10.8. The van der Waals surface area contributed by atoms with Crippen molar-refractivity contribution in [2.75, 3.05) is 0 Å². The molecular weight excluding hydrogens is 338 g/mol. The first-order valence-corrected chi connectivity index (χ1v) is 6.89. The third kappa shape index (κ3) is 2.84. The Morgan fingerprint density at radius 2 is 2.00 bits per heavy atom. The average molecular weight is 348 g/mol. The lowest BCUT2D eigenvalue weighted by molar-refractivity contribution is -0.390. The second-order valence-corrected chi connectivity index (χ2v) is 5.24. The van der Waals surface area contributed by atoms with Crippen LogP contribution in [0, 0.1) is 10.1 Å². The Morgan fingerprint density at radius 1 is 1.24 bits per heavy atom. The molecule has 2 aromatic heterocycles. The van der Waals surface area contributed by atoms with E-state index in [1.54, 1.807) is 17.1 Å². The Morgan fingerprint density at radius 3 is 2.67 bits per heavy atom. The van der Waals surface area contributed by atoms with Gasteiger partial charge < -0.3 is 10.1 Å². The summed E-state index contributed by atoms with van der Waals surface area (Å²) in [6, 6.07) is 9.71. The Labute approximate surface area is 128 Å². The number of aromatic nitrogens is 4. The van der Waals surface area contributed by atoms with Gasteiger partial charge in [-0.3, -0.25) is 0 Å². The summed E-state index contributed by atoms with van der Waals surface area (Å²) >= 11 is 3.13. The summed E-state index contributed by atoms with van der Waals surface area (Å²) < 4.78 is 3.62. The number of nitrogens with zero attached hydrogens (tertiary/aromatic N) is 5. The molecule has 0 atom stereocenters. The minimum Gasteiger partial charge on any atom is -0.358 e. The lowest BCUT2D eigenvalue weighted by Crippen LogP contribution is -2.00. The topological polar surface area (TPSA) is 78.8 Å². The first-order chi connectivity index (χ1) is 10.1. The fourth-order valence-corrected chi connectivity index (χ4v) is 2.40. The summed E-state index contributed by atoms with van der Waals surface area (Å²) in [5.74, 6) is -0.189. The van der Waals surface area contributed by atoms with Gasteiger partial charge in [0.05, 0.1) is 29.7 Å². The molecule has 3 aromatic rings. The van der Waals surface area contributed by atoms with Crippen molar-refractivity contribution in [2.45, 2.75) is 6.54 Å². The van der Waals surface area contributed by atoms with Crippen molar-refractivity contribution >= 4 is 21.7 Å². The summed E-state index contributed by atoms with van der Waals surface area (Å²) in [6.45, 7) is 0.416. The molecule has 0 aliphatic rings. The van der Waals surface area contributed by atoms with Crippen LogP contribution in [-0.4, -0.2) is 24.5 Å². The van der Waals surface area contributed by atoms with Crippen molar-refractivity contribution in [1.29, 1.82) is 0 Å². The molecule has 0 saturated carbocycles. The summed E-state index contributed by atoms with van der Waals surface area (Å²) in [5.41, 5.74) is 1.86. The van der Waals surface area contributed by atoms with Gasteiger partial charge in [0, 0.05) is 11.8 Å². The number of benzene rings is 1. The molecule has 3 rings (SSSR count). The highest BCUT2D eigenvalue weighted by Crippen LogP contribution is 2.22. The maximum absolute atomic E-state index is 10.8. The molecule has 0 unspecified atom stereocenters. The van der Waals surface area contributed by atoms with Gasteiger partial charge >= 0.3 is 5.82 Å². The molecule has 8 heteroatoms. The van der Waals surface area contributed by atoms with Gasteiger partial charge in [-0.1, -0.05) is 18.2 Å². The predicted octanol–water partition coefficient (Wildman–Crippen LogP) is 2.79. The van der Waals surface area contributed by atoms with Gasteiger partial charge in [0.2, 0.25) is 0 Å². The van der Waals surface area contributed by atoms with Crippen molar-refractivity contribution in [2.24, 2.45) is 0 Å². The second kappa shape index (κ2) is 5.49. The monoisotopic (exact) mass is 347 g/mol. The van der Waals surface area contributed by atoms with E-state index in [-0.39, 0.29) is 5.82 Å². The van der Waals surface area contributed by atoms with Gasteiger partial charge in [-0.25, -0.2) is 4.68 Å². The van der Waals surface area contributed by atoms with E-state index in [0.717, 1.165) is 11.3 Å². The summed E-state index contributed by atoms with van der Waals surface area (Å²) in [6.07, 6.45) is 5.17. The minimum atomic E-state index is -0.520. The van der Waals surface area contributed by atoms with E-state index < -0.39 is 4.92 Å². The average Bonchev–Trinajstić information content (AvgIpc) is 3.07. The van der Waals surface area contributed by atoms with E-state index in [9.17, 15) is 10.1 Å². The number of nitro groups is 1. The summed E-state index contributed by atoms with van der Waals surface area (Å²) in [5, 5.41) is 19.0. The number of hydrogen-bond acceptors (Lipinski definition) is 4. The second-order valence-electron chi connectivity index (χ2n) is 4.38. The molecule has 106 valence electrons. The third-order valence-electron chi connectivity index (χ3n) is 2.87. The van der Waals surface area contributed by atoms with Crippen LogP contribution in [0.1, 0.15) is 5.56 Å². The van der Waals surface area contributed by atoms with Crippen molar-refractivity contribution in [3.05, 3.63) is 69.1 Å². The molecule has 0 N–H and O–H groups in total. The molecule has 0 radical (unpaired) electrons. The fourth-order valence-electron chi connectivity index (χ4n) is 1.94. The lowest BCUT2D eigenvalue weighted by Gasteiger charge is -1.98. The normalized spacial score (nSPS) is 10.7. The van der Waals surface area contributed by atoms with Crippen molar-refractivity contribution in [3.8, 4) is 5.69 Å². The van der Waals surface area contributed by atoms with E-state index >= 15 is 0 Å². The first kappa shape index (κ1) is 13.5. The zero-order valence-corrected chi connectivity index (χ0v) is 12.3. The number of halogens is 1. The molecule has 0 bridgehead atoms. The number of rotatable bonds is 4. The van der Waals surface area contributed by atoms with Crippen LogP contribution in [0.3, 0.4) is 0 Å². The Hall–Kier alpha value is -2.48. The summed E-state index contributed by atoms with van der Waals surface area (Å²) in [4.78, 5) is 10.2. The van der Waals surface area contributed by atoms with Gasteiger partial charge in [0.1, 0.15) is 4.47 Å². The van der Waals surface area contributed by atoms with Gasteiger partial charge in [0.15, 0.2) is 0 Å². The summed E-state index contributed by atoms with van der Waals surface area (Å²) in [7, 11) is 0. The zero-order valence-electron chi connectivity index (χ0n) is 10.8. The highest BCUT2D eigenvalue weighted by Gasteiger charge is 2.18. The van der Waals surface area contributed by atoms with Gasteiger partial charge in [-0.05, 0) is 33.0 Å². The molecule has 21 heavy (non-hydrogen) atoms. The van der Waals surface area contributed by atoms with Gasteiger partial charge in [0.25, 0.3) is 0 Å². The fraction of sp³-hybridized carbons (Fsp3) is 0.0769. The van der Waals surface area contributed by atoms with E-state index in [0.29, 0.717) is 11.0 Å². The first-order valence-electron chi connectivity index (χ1n) is 6.10. The van der Waals surface area contributed by atoms with Crippen LogP contribution in [0.25, 0.3) is 5.69 Å². The van der Waals surface area contributed by atoms with Crippen LogP contribution in [0.2, 0.25) is 0 Å². The lowest BCUT2D eigenvalue weighted by atomic mass is 10.3. The molecule has 0 amide bonds.